The van der Waals surface area contributed by atoms with Crippen LogP contribution in [0.2, 0.25) is 0 Å². The first-order valence-corrected chi connectivity index (χ1v) is 9.43. The lowest BCUT2D eigenvalue weighted by Gasteiger charge is -2.15. The topological polar surface area (TPSA) is 125 Å². The monoisotopic (exact) mass is 390 g/mol. The van der Waals surface area contributed by atoms with Crippen LogP contribution in [0, 0.1) is 6.92 Å². The predicted octanol–water partition coefficient (Wildman–Crippen LogP) is 1.00. The van der Waals surface area contributed by atoms with E-state index in [1.165, 1.54) is 26.5 Å². The SMILES string of the molecule is Cc1oc2nc[nH]c(=O)c2c1C(=O)NCc1ccccc1S(=O)(=O)N(C)C. The molecule has 0 unspecified atom stereocenters. The van der Waals surface area contributed by atoms with Crippen molar-refractivity contribution in [3.8, 4) is 0 Å². The Hall–Kier alpha value is -2.98. The van der Waals surface area contributed by atoms with Crippen molar-refractivity contribution in [2.75, 3.05) is 14.1 Å². The molecule has 1 amide bonds. The summed E-state index contributed by atoms with van der Waals surface area (Å²) in [5.41, 5.74) is 0.0823. The molecule has 27 heavy (non-hydrogen) atoms. The molecule has 142 valence electrons. The molecule has 2 heterocycles. The van der Waals surface area contributed by atoms with Crippen molar-refractivity contribution in [3.63, 3.8) is 0 Å². The molecule has 10 heteroatoms. The number of hydrogen-bond acceptors (Lipinski definition) is 6. The van der Waals surface area contributed by atoms with E-state index in [2.05, 4.69) is 15.3 Å². The van der Waals surface area contributed by atoms with Crippen molar-refractivity contribution in [2.45, 2.75) is 18.4 Å². The lowest BCUT2D eigenvalue weighted by molar-refractivity contribution is 0.0950. The third-order valence-corrected chi connectivity index (χ3v) is 5.98. The van der Waals surface area contributed by atoms with Gasteiger partial charge in [0, 0.05) is 20.6 Å². The Kier molecular flexibility index (Phi) is 4.85. The van der Waals surface area contributed by atoms with Crippen molar-refractivity contribution in [2.24, 2.45) is 0 Å². The maximum absolute atomic E-state index is 12.6. The van der Waals surface area contributed by atoms with E-state index in [1.54, 1.807) is 25.1 Å². The van der Waals surface area contributed by atoms with Gasteiger partial charge < -0.3 is 14.7 Å². The number of aryl methyl sites for hydroxylation is 1. The van der Waals surface area contributed by atoms with Gasteiger partial charge in [-0.3, -0.25) is 9.59 Å². The van der Waals surface area contributed by atoms with Crippen LogP contribution in [0.5, 0.6) is 0 Å². The van der Waals surface area contributed by atoms with Gasteiger partial charge in [-0.15, -0.1) is 0 Å². The van der Waals surface area contributed by atoms with Gasteiger partial charge in [0.2, 0.25) is 15.7 Å². The quantitative estimate of drug-likeness (QED) is 0.670. The number of sulfonamides is 1. The van der Waals surface area contributed by atoms with Gasteiger partial charge >= 0.3 is 0 Å². The first-order chi connectivity index (χ1) is 12.7. The van der Waals surface area contributed by atoms with E-state index in [0.717, 1.165) is 4.31 Å². The van der Waals surface area contributed by atoms with E-state index in [1.807, 2.05) is 0 Å². The predicted molar refractivity (Wildman–Crippen MR) is 97.9 cm³/mol. The first kappa shape index (κ1) is 18.8. The van der Waals surface area contributed by atoms with Gasteiger partial charge in [-0.05, 0) is 18.6 Å². The Labute approximate surface area is 155 Å². The number of aromatic nitrogens is 2. The number of nitrogens with zero attached hydrogens (tertiary/aromatic N) is 2. The molecule has 0 aliphatic heterocycles. The van der Waals surface area contributed by atoms with Crippen LogP contribution < -0.4 is 10.9 Å². The van der Waals surface area contributed by atoms with Crippen LogP contribution >= 0.6 is 0 Å². The Morgan fingerprint density at radius 1 is 1.30 bits per heavy atom. The van der Waals surface area contributed by atoms with Crippen molar-refractivity contribution >= 4 is 27.0 Å². The second-order valence-corrected chi connectivity index (χ2v) is 8.14. The molecule has 0 atom stereocenters. The Morgan fingerprint density at radius 2 is 2.00 bits per heavy atom. The summed E-state index contributed by atoms with van der Waals surface area (Å²) < 4.78 is 31.4. The molecule has 0 saturated carbocycles. The van der Waals surface area contributed by atoms with Crippen molar-refractivity contribution in [3.05, 3.63) is 57.8 Å². The molecule has 3 aromatic rings. The lowest BCUT2D eigenvalue weighted by Crippen LogP contribution is -2.27. The van der Waals surface area contributed by atoms with Gasteiger partial charge in [0.05, 0.1) is 16.8 Å². The van der Waals surface area contributed by atoms with E-state index >= 15 is 0 Å². The summed E-state index contributed by atoms with van der Waals surface area (Å²) in [5, 5.41) is 2.71. The average Bonchev–Trinajstić information content (AvgIpc) is 2.97. The maximum atomic E-state index is 12.6. The average molecular weight is 390 g/mol. The number of rotatable bonds is 5. The van der Waals surface area contributed by atoms with Crippen LogP contribution in [0.1, 0.15) is 21.7 Å². The van der Waals surface area contributed by atoms with Gasteiger partial charge in [-0.2, -0.15) is 0 Å². The van der Waals surface area contributed by atoms with Gasteiger partial charge in [-0.25, -0.2) is 17.7 Å². The summed E-state index contributed by atoms with van der Waals surface area (Å²) in [4.78, 5) is 31.1. The second kappa shape index (κ2) is 6.97. The van der Waals surface area contributed by atoms with Crippen LogP contribution in [0.3, 0.4) is 0 Å². The molecule has 0 radical (unpaired) electrons. The molecule has 0 fully saturated rings. The summed E-state index contributed by atoms with van der Waals surface area (Å²) in [5.74, 6) is -0.303. The van der Waals surface area contributed by atoms with Gasteiger partial charge in [0.25, 0.3) is 11.5 Å². The third-order valence-electron chi connectivity index (χ3n) is 4.07. The smallest absolute Gasteiger partial charge is 0.262 e. The number of carbonyl (C=O) groups is 1. The van der Waals surface area contributed by atoms with Crippen molar-refractivity contribution in [1.29, 1.82) is 0 Å². The van der Waals surface area contributed by atoms with E-state index in [0.29, 0.717) is 5.56 Å². The molecule has 0 aliphatic carbocycles. The molecule has 3 rings (SSSR count). The molecular formula is C17H18N4O5S. The van der Waals surface area contributed by atoms with Crippen molar-refractivity contribution in [1.82, 2.24) is 19.6 Å². The second-order valence-electron chi connectivity index (χ2n) is 6.02. The van der Waals surface area contributed by atoms with Crippen molar-refractivity contribution < 1.29 is 17.6 Å². The fourth-order valence-corrected chi connectivity index (χ4v) is 3.80. The Morgan fingerprint density at radius 3 is 2.70 bits per heavy atom. The van der Waals surface area contributed by atoms with Crippen LogP contribution in [-0.2, 0) is 16.6 Å². The minimum absolute atomic E-state index is 0.0354. The number of furan rings is 1. The molecule has 0 aliphatic rings. The maximum Gasteiger partial charge on any atom is 0.262 e. The van der Waals surface area contributed by atoms with Crippen LogP contribution in [0.4, 0.5) is 0 Å². The molecule has 2 aromatic heterocycles. The highest BCUT2D eigenvalue weighted by Gasteiger charge is 2.24. The minimum Gasteiger partial charge on any atom is -0.442 e. The van der Waals surface area contributed by atoms with E-state index in [-0.39, 0.29) is 33.9 Å². The van der Waals surface area contributed by atoms with Crippen LogP contribution in [-0.4, -0.2) is 42.7 Å². The summed E-state index contributed by atoms with van der Waals surface area (Å²) in [7, 11) is -0.789. The van der Waals surface area contributed by atoms with E-state index in [4.69, 9.17) is 4.42 Å². The molecule has 0 spiro atoms. The number of fused-ring (bicyclic) bond motifs is 1. The molecule has 0 bridgehead atoms. The van der Waals surface area contributed by atoms with Gasteiger partial charge in [-0.1, -0.05) is 18.2 Å². The summed E-state index contributed by atoms with van der Waals surface area (Å²) in [6, 6.07) is 6.39. The van der Waals surface area contributed by atoms with Gasteiger partial charge in [0.15, 0.2) is 0 Å². The number of H-pyrrole nitrogens is 1. The summed E-state index contributed by atoms with van der Waals surface area (Å²) in [6.45, 7) is 1.52. The molecule has 9 nitrogen and oxygen atoms in total. The minimum atomic E-state index is -3.66. The third kappa shape index (κ3) is 3.36. The highest BCUT2D eigenvalue weighted by atomic mass is 32.2. The number of amides is 1. The fourth-order valence-electron chi connectivity index (χ4n) is 2.69. The lowest BCUT2D eigenvalue weighted by atomic mass is 10.1. The molecule has 2 N–H and O–H groups in total. The normalized spacial score (nSPS) is 11.9. The number of benzene rings is 1. The zero-order valence-electron chi connectivity index (χ0n) is 14.9. The van der Waals surface area contributed by atoms with Crippen LogP contribution in [0.25, 0.3) is 11.1 Å². The van der Waals surface area contributed by atoms with Crippen LogP contribution in [0.15, 0.2) is 44.7 Å². The van der Waals surface area contributed by atoms with Gasteiger partial charge in [0.1, 0.15) is 11.1 Å². The standard InChI is InChI=1S/C17H18N4O5S/c1-10-13(14-16(23)19-9-20-17(14)26-10)15(22)18-8-11-6-4-5-7-12(11)27(24,25)21(2)3/h4-7,9H,8H2,1-3H3,(H,18,22)(H,19,20,23). The Bertz CT molecular complexity index is 1180. The highest BCUT2D eigenvalue weighted by Crippen LogP contribution is 2.21. The molecule has 0 saturated heterocycles. The number of nitrogens with one attached hydrogen (secondary N) is 2. The highest BCUT2D eigenvalue weighted by molar-refractivity contribution is 7.89. The zero-order chi connectivity index (χ0) is 19.8. The molecular weight excluding hydrogens is 372 g/mol. The zero-order valence-corrected chi connectivity index (χ0v) is 15.8. The molecule has 1 aromatic carbocycles. The summed E-state index contributed by atoms with van der Waals surface area (Å²) in [6.07, 6.45) is 1.19. The fraction of sp³-hybridized carbons (Fsp3) is 0.235. The number of aromatic amines is 1. The first-order valence-electron chi connectivity index (χ1n) is 7.99. The number of hydrogen-bond donors (Lipinski definition) is 2. The number of carbonyl (C=O) groups excluding carboxylic acids is 1. The van der Waals surface area contributed by atoms with E-state index in [9.17, 15) is 18.0 Å². The Balaban J connectivity index is 1.93. The summed E-state index contributed by atoms with van der Waals surface area (Å²) >= 11 is 0. The largest absolute Gasteiger partial charge is 0.442 e. The van der Waals surface area contributed by atoms with E-state index < -0.39 is 21.5 Å².